The molecule has 5 aromatic carbocycles. The van der Waals surface area contributed by atoms with Crippen LogP contribution in [0.1, 0.15) is 38.8 Å². The van der Waals surface area contributed by atoms with Crippen LogP contribution in [0.2, 0.25) is 0 Å². The van der Waals surface area contributed by atoms with Gasteiger partial charge >= 0.3 is 59.1 Å². The van der Waals surface area contributed by atoms with Gasteiger partial charge in [-0.05, 0) is 72.3 Å². The second kappa shape index (κ2) is 17.0. The minimum Gasteiger partial charge on any atom is -0.858 e. The monoisotopic (exact) mass is 768 g/mol. The number of carbonyl (C=O) groups excluding carboxylic acids is 2. The van der Waals surface area contributed by atoms with Crippen LogP contribution in [0.4, 0.5) is 17.1 Å². The van der Waals surface area contributed by atoms with Gasteiger partial charge in [-0.25, -0.2) is 8.42 Å². The number of ketones is 1. The van der Waals surface area contributed by atoms with E-state index >= 15 is 0 Å². The van der Waals surface area contributed by atoms with Gasteiger partial charge in [0.1, 0.15) is 15.0 Å². The van der Waals surface area contributed by atoms with Crippen LogP contribution in [0, 0.1) is 0 Å². The van der Waals surface area contributed by atoms with E-state index in [1.165, 1.54) is 36.4 Å². The molecule has 13 nitrogen and oxygen atoms in total. The van der Waals surface area contributed by atoms with E-state index in [0.717, 1.165) is 28.6 Å². The third-order valence-electron chi connectivity index (χ3n) is 7.97. The van der Waals surface area contributed by atoms with Gasteiger partial charge in [0.25, 0.3) is 16.0 Å². The second-order valence-electron chi connectivity index (χ2n) is 11.1. The van der Waals surface area contributed by atoms with Crippen LogP contribution in [0.15, 0.2) is 129 Å². The summed E-state index contributed by atoms with van der Waals surface area (Å²) in [7, 11) is -10.5. The van der Waals surface area contributed by atoms with Crippen molar-refractivity contribution in [2.75, 3.05) is 16.9 Å². The Kier molecular flexibility index (Phi) is 13.4. The zero-order valence-electron chi connectivity index (χ0n) is 28.5. The molecule has 0 fully saturated rings. The van der Waals surface area contributed by atoms with Crippen LogP contribution in [0.3, 0.4) is 0 Å². The van der Waals surface area contributed by atoms with E-state index in [9.17, 15) is 40.6 Å². The Morgan fingerprint density at radius 1 is 0.830 bits per heavy atom. The van der Waals surface area contributed by atoms with E-state index in [1.54, 1.807) is 23.1 Å². The number of aliphatic imine (C=N–C) groups is 1. The van der Waals surface area contributed by atoms with Crippen LogP contribution in [0.25, 0.3) is 16.8 Å². The molecule has 0 bridgehead atoms. The Hall–Kier alpha value is -4.00. The van der Waals surface area contributed by atoms with Gasteiger partial charge in [-0.2, -0.15) is 13.5 Å². The molecule has 1 aliphatic rings. The van der Waals surface area contributed by atoms with E-state index < -0.39 is 58.6 Å². The van der Waals surface area contributed by atoms with E-state index in [-0.39, 0.29) is 82.0 Å². The third kappa shape index (κ3) is 8.87. The predicted molar refractivity (Wildman–Crippen MR) is 190 cm³/mol. The molecule has 53 heavy (non-hydrogen) atoms. The minimum absolute atomic E-state index is 0. The van der Waals surface area contributed by atoms with Crippen molar-refractivity contribution in [3.05, 3.63) is 136 Å². The van der Waals surface area contributed by atoms with Crippen molar-refractivity contribution in [2.45, 2.75) is 11.8 Å². The van der Waals surface area contributed by atoms with Gasteiger partial charge in [0.15, 0.2) is 5.71 Å². The summed E-state index contributed by atoms with van der Waals surface area (Å²) in [4.78, 5) is 30.9. The Bertz CT molecular complexity index is 2540. The maximum Gasteiger partial charge on any atom is 1.00 e. The molecule has 1 aliphatic carbocycles. The van der Waals surface area contributed by atoms with Crippen LogP contribution in [0.5, 0.6) is 0 Å². The molecule has 0 saturated carbocycles. The Labute approximate surface area is 349 Å². The average molecular weight is 769 g/mol. The second-order valence-corrected chi connectivity index (χ2v) is 13.9. The molecule has 0 unspecified atom stereocenters. The Balaban J connectivity index is 0.00000314. The van der Waals surface area contributed by atoms with Crippen molar-refractivity contribution >= 4 is 77.4 Å². The number of nitrogens with one attached hydrogen (secondary N) is 1. The molecule has 258 valence electrons. The van der Waals surface area contributed by atoms with Crippen molar-refractivity contribution in [1.29, 1.82) is 0 Å². The first-order chi connectivity index (χ1) is 24.3. The number of allylic oxidation sites excluding steroid dienone is 1. The topological polar surface area (TPSA) is 209 Å². The van der Waals surface area contributed by atoms with Crippen LogP contribution >= 0.6 is 0 Å². The molecule has 0 saturated heterocycles. The van der Waals surface area contributed by atoms with Crippen molar-refractivity contribution in [2.24, 2.45) is 10.1 Å². The molecular weight excluding hydrogens is 743 g/mol. The summed E-state index contributed by atoms with van der Waals surface area (Å²) in [5.41, 5.74) is 1.34. The first-order valence-corrected chi connectivity index (χ1v) is 18.0. The number of rotatable bonds is 9. The fraction of sp³-hybridized carbons (Fsp3) is 0.0556. The first kappa shape index (κ1) is 41.8. The largest absolute Gasteiger partial charge is 1.00 e. The SMILES string of the molecule is CCN(C(=O)c1ccc(N/N=C2\C(=O)c3c(N=C([O-])c4ccccc4)ccc(S(=O)(=O)[O-])c3C=C2S(=O)(=O)O)cc1)c1cccc2ccccc12.[Na+].[Na+]. The van der Waals surface area contributed by atoms with Gasteiger partial charge in [0.2, 0.25) is 5.78 Å². The summed E-state index contributed by atoms with van der Waals surface area (Å²) in [5, 5.41) is 18.7. The van der Waals surface area contributed by atoms with Gasteiger partial charge in [-0.1, -0.05) is 66.7 Å². The normalized spacial score (nSPS) is 13.7. The van der Waals surface area contributed by atoms with Crippen molar-refractivity contribution in [3.8, 4) is 0 Å². The number of anilines is 2. The van der Waals surface area contributed by atoms with Crippen molar-refractivity contribution in [3.63, 3.8) is 0 Å². The van der Waals surface area contributed by atoms with Crippen LogP contribution in [-0.2, 0) is 20.2 Å². The summed E-state index contributed by atoms with van der Waals surface area (Å²) < 4.78 is 71.3. The quantitative estimate of drug-likeness (QED) is 0.0599. The molecule has 1 amide bonds. The molecule has 0 radical (unpaired) electrons. The van der Waals surface area contributed by atoms with E-state index in [0.29, 0.717) is 18.2 Å². The maximum absolute atomic E-state index is 13.9. The molecule has 0 heterocycles. The molecule has 0 atom stereocenters. The number of fused-ring (bicyclic) bond motifs is 2. The summed E-state index contributed by atoms with van der Waals surface area (Å²) >= 11 is 0. The molecule has 6 rings (SSSR count). The van der Waals surface area contributed by atoms with E-state index in [2.05, 4.69) is 15.5 Å². The standard InChI is InChI=1S/C36H28N4O9S2.2Na/c1-2-40(29-14-8-12-22-9-6-7-13-26(22)29)36(43)24-15-17-25(18-16-24)38-39-33-31(51(47,48)49)21-27-30(50(44,45)46)20-19-28(32(27)34(33)41)37-35(42)23-10-4-3-5-11-23;;/h3-21,38H,2H2,1H3,(H,37,42)(H,44,45,46)(H,47,48,49);;/q;2*+1/p-2/b39-33-;;. The zero-order chi connectivity index (χ0) is 36.5. The molecule has 0 aromatic heterocycles. The summed E-state index contributed by atoms with van der Waals surface area (Å²) in [5.74, 6) is -2.37. The Morgan fingerprint density at radius 2 is 1.47 bits per heavy atom. The number of hydrogen-bond acceptors (Lipinski definition) is 11. The number of amides is 1. The molecule has 0 spiro atoms. The predicted octanol–water partition coefficient (Wildman–Crippen LogP) is -1.25. The fourth-order valence-corrected chi connectivity index (χ4v) is 6.91. The molecule has 17 heteroatoms. The van der Waals surface area contributed by atoms with E-state index in [1.807, 2.05) is 49.4 Å². The zero-order valence-corrected chi connectivity index (χ0v) is 34.2. The van der Waals surface area contributed by atoms with Gasteiger partial charge < -0.3 is 14.6 Å². The van der Waals surface area contributed by atoms with Gasteiger partial charge in [-0.15, -0.1) is 0 Å². The number of nitrogens with zero attached hydrogens (tertiary/aromatic N) is 3. The third-order valence-corrected chi connectivity index (χ3v) is 9.73. The number of benzene rings is 5. The molecule has 0 aliphatic heterocycles. The van der Waals surface area contributed by atoms with Crippen molar-refractivity contribution in [1.82, 2.24) is 0 Å². The summed E-state index contributed by atoms with van der Waals surface area (Å²) in [6, 6.07) is 28.7. The number of Topliss-reactive ketones (excluding diaryl/α,β-unsaturated/α-hetero) is 1. The summed E-state index contributed by atoms with van der Waals surface area (Å²) in [6.45, 7) is 2.21. The fourth-order valence-electron chi connectivity index (χ4n) is 5.60. The number of hydrazone groups is 1. The van der Waals surface area contributed by atoms with Gasteiger partial charge in [-0.3, -0.25) is 24.6 Å². The van der Waals surface area contributed by atoms with E-state index in [4.69, 9.17) is 0 Å². The smallest absolute Gasteiger partial charge is 0.858 e. The minimum atomic E-state index is -5.29. The van der Waals surface area contributed by atoms with Crippen LogP contribution < -0.4 is 74.5 Å². The molecular formula is C36H26N4Na2O9S2. The summed E-state index contributed by atoms with van der Waals surface area (Å²) in [6.07, 6.45) is 0.609. The average Bonchev–Trinajstić information content (AvgIpc) is 3.11. The number of hydrogen-bond donors (Lipinski definition) is 2. The number of carbonyl (C=O) groups is 2. The van der Waals surface area contributed by atoms with Crippen LogP contribution in [-0.4, -0.2) is 55.8 Å². The Morgan fingerprint density at radius 3 is 2.11 bits per heavy atom. The van der Waals surface area contributed by atoms with Gasteiger partial charge in [0, 0.05) is 23.1 Å². The molecule has 2 N–H and O–H groups in total. The first-order valence-electron chi connectivity index (χ1n) is 15.2. The maximum atomic E-state index is 13.9. The molecule has 5 aromatic rings. The van der Waals surface area contributed by atoms with Gasteiger partial charge in [0.05, 0.1) is 27.5 Å². The van der Waals surface area contributed by atoms with Crippen molar-refractivity contribution < 1.29 is 99.8 Å².